The van der Waals surface area contributed by atoms with Gasteiger partial charge in [0.15, 0.2) is 0 Å². The van der Waals surface area contributed by atoms with E-state index in [1.807, 2.05) is 0 Å². The van der Waals surface area contributed by atoms with Gasteiger partial charge in [-0.3, -0.25) is 0 Å². The Balaban J connectivity index is 2.35. The average Bonchev–Trinajstić information content (AvgIpc) is 2.35. The number of nitrogens with one attached hydrogen (secondary N) is 1. The Kier molecular flexibility index (Phi) is 3.57. The molecule has 0 radical (unpaired) electrons. The number of halogens is 4. The van der Waals surface area contributed by atoms with Crippen LogP contribution in [0.3, 0.4) is 0 Å². The Morgan fingerprint density at radius 3 is 2.35 bits per heavy atom. The fourth-order valence-electron chi connectivity index (χ4n) is 1.71. The second-order valence-electron chi connectivity index (χ2n) is 4.39. The summed E-state index contributed by atoms with van der Waals surface area (Å²) in [5.41, 5.74) is 6.28. The molecule has 106 valence electrons. The molecule has 20 heavy (non-hydrogen) atoms. The van der Waals surface area contributed by atoms with E-state index in [1.165, 1.54) is 0 Å². The summed E-state index contributed by atoms with van der Waals surface area (Å²) in [4.78, 5) is 0. The molecule has 0 bridgehead atoms. The van der Waals surface area contributed by atoms with Gasteiger partial charge in [0.2, 0.25) is 0 Å². The van der Waals surface area contributed by atoms with Crippen molar-refractivity contribution in [3.8, 4) is 0 Å². The third kappa shape index (κ3) is 3.01. The number of nitrogen functional groups attached to an aromatic ring is 1. The molecule has 0 atom stereocenters. The summed E-state index contributed by atoms with van der Waals surface area (Å²) in [6.07, 6.45) is -4.51. The van der Waals surface area contributed by atoms with Crippen LogP contribution in [-0.4, -0.2) is 0 Å². The van der Waals surface area contributed by atoms with E-state index < -0.39 is 17.6 Å². The maximum absolute atomic E-state index is 13.6. The molecule has 0 saturated carbocycles. The van der Waals surface area contributed by atoms with Gasteiger partial charge in [0.05, 0.1) is 11.3 Å². The molecule has 0 aromatic heterocycles. The number of aryl methyl sites for hydroxylation is 1. The van der Waals surface area contributed by atoms with Gasteiger partial charge in [-0.25, -0.2) is 4.39 Å². The number of alkyl halides is 3. The third-order valence-electron chi connectivity index (χ3n) is 2.84. The first-order chi connectivity index (χ1) is 9.27. The lowest BCUT2D eigenvalue weighted by molar-refractivity contribution is -0.137. The molecule has 0 aliphatic heterocycles. The third-order valence-corrected chi connectivity index (χ3v) is 2.84. The molecule has 0 saturated heterocycles. The molecule has 0 spiro atoms. The Morgan fingerprint density at radius 1 is 1.05 bits per heavy atom. The van der Waals surface area contributed by atoms with Crippen molar-refractivity contribution in [3.63, 3.8) is 0 Å². The average molecular weight is 284 g/mol. The van der Waals surface area contributed by atoms with Crippen molar-refractivity contribution < 1.29 is 17.6 Å². The molecule has 0 aliphatic carbocycles. The summed E-state index contributed by atoms with van der Waals surface area (Å²) >= 11 is 0. The zero-order chi connectivity index (χ0) is 14.9. The molecule has 0 amide bonds. The van der Waals surface area contributed by atoms with Gasteiger partial charge in [-0.05, 0) is 48.9 Å². The minimum atomic E-state index is -4.51. The summed E-state index contributed by atoms with van der Waals surface area (Å²) in [7, 11) is 0. The van der Waals surface area contributed by atoms with Crippen LogP contribution in [0, 0.1) is 12.7 Å². The van der Waals surface area contributed by atoms with Gasteiger partial charge in [0, 0.05) is 11.4 Å². The highest BCUT2D eigenvalue weighted by atomic mass is 19.4. The number of anilines is 3. The van der Waals surface area contributed by atoms with Crippen LogP contribution < -0.4 is 11.1 Å². The highest BCUT2D eigenvalue weighted by Crippen LogP contribution is 2.33. The summed E-state index contributed by atoms with van der Waals surface area (Å²) in [6, 6.07) is 7.03. The van der Waals surface area contributed by atoms with Crippen molar-refractivity contribution in [1.82, 2.24) is 0 Å². The van der Waals surface area contributed by atoms with Crippen molar-refractivity contribution in [2.24, 2.45) is 0 Å². The Hall–Kier alpha value is -2.24. The Labute approximate surface area is 113 Å². The first-order valence-electron chi connectivity index (χ1n) is 5.77. The normalized spacial score (nSPS) is 11.4. The van der Waals surface area contributed by atoms with Crippen molar-refractivity contribution in [2.45, 2.75) is 13.1 Å². The lowest BCUT2D eigenvalue weighted by atomic mass is 10.1. The quantitative estimate of drug-likeness (QED) is 0.630. The van der Waals surface area contributed by atoms with Crippen LogP contribution in [0.4, 0.5) is 34.6 Å². The van der Waals surface area contributed by atoms with Crippen LogP contribution in [0.2, 0.25) is 0 Å². The minimum Gasteiger partial charge on any atom is -0.399 e. The summed E-state index contributed by atoms with van der Waals surface area (Å²) in [5.74, 6) is -0.757. The second kappa shape index (κ2) is 5.03. The smallest absolute Gasteiger partial charge is 0.399 e. The molecule has 0 aliphatic rings. The van der Waals surface area contributed by atoms with Crippen molar-refractivity contribution in [2.75, 3.05) is 11.1 Å². The fraction of sp³-hybridized carbons (Fsp3) is 0.143. The topological polar surface area (TPSA) is 38.0 Å². The highest BCUT2D eigenvalue weighted by molar-refractivity contribution is 5.65. The first-order valence-corrected chi connectivity index (χ1v) is 5.77. The van der Waals surface area contributed by atoms with E-state index in [0.717, 1.165) is 17.7 Å². The maximum Gasteiger partial charge on any atom is 0.416 e. The predicted octanol–water partition coefficient (Wildman–Crippen LogP) is 4.48. The van der Waals surface area contributed by atoms with E-state index in [2.05, 4.69) is 5.32 Å². The number of nitrogens with two attached hydrogens (primary N) is 1. The standard InChI is InChI=1S/C14H12F4N2/c1-8-6-10(3-5-12(8)19)20-13-7-9(14(16,17)18)2-4-11(13)15/h2-7,20H,19H2,1H3. The van der Waals surface area contributed by atoms with Gasteiger partial charge in [0.25, 0.3) is 0 Å². The molecule has 0 fully saturated rings. The van der Waals surface area contributed by atoms with Gasteiger partial charge in [-0.2, -0.15) is 13.2 Å². The Morgan fingerprint density at radius 2 is 1.75 bits per heavy atom. The van der Waals surface area contributed by atoms with Crippen LogP contribution in [0.5, 0.6) is 0 Å². The number of rotatable bonds is 2. The van der Waals surface area contributed by atoms with Crippen LogP contribution in [0.1, 0.15) is 11.1 Å². The number of benzene rings is 2. The summed E-state index contributed by atoms with van der Waals surface area (Å²) in [5, 5.41) is 2.62. The van der Waals surface area contributed by atoms with Gasteiger partial charge >= 0.3 is 6.18 Å². The van der Waals surface area contributed by atoms with Crippen molar-refractivity contribution >= 4 is 17.1 Å². The van der Waals surface area contributed by atoms with Gasteiger partial charge in [0.1, 0.15) is 5.82 Å². The van der Waals surface area contributed by atoms with Gasteiger partial charge in [-0.15, -0.1) is 0 Å². The van der Waals surface area contributed by atoms with Crippen LogP contribution >= 0.6 is 0 Å². The molecule has 2 rings (SSSR count). The van der Waals surface area contributed by atoms with Crippen LogP contribution in [0.15, 0.2) is 36.4 Å². The van der Waals surface area contributed by atoms with Gasteiger partial charge < -0.3 is 11.1 Å². The molecular weight excluding hydrogens is 272 g/mol. The van der Waals surface area contributed by atoms with Gasteiger partial charge in [-0.1, -0.05) is 0 Å². The van der Waals surface area contributed by atoms with E-state index in [-0.39, 0.29) is 5.69 Å². The maximum atomic E-state index is 13.6. The number of hydrogen-bond acceptors (Lipinski definition) is 2. The molecule has 2 nitrogen and oxygen atoms in total. The monoisotopic (exact) mass is 284 g/mol. The van der Waals surface area contributed by atoms with E-state index in [4.69, 9.17) is 5.73 Å². The zero-order valence-electron chi connectivity index (χ0n) is 10.6. The van der Waals surface area contributed by atoms with Crippen molar-refractivity contribution in [3.05, 3.63) is 53.3 Å². The van der Waals surface area contributed by atoms with E-state index in [1.54, 1.807) is 25.1 Å². The summed E-state index contributed by atoms with van der Waals surface area (Å²) in [6.45, 7) is 1.75. The minimum absolute atomic E-state index is 0.232. The molecule has 2 aromatic rings. The molecule has 0 unspecified atom stereocenters. The van der Waals surface area contributed by atoms with E-state index >= 15 is 0 Å². The van der Waals surface area contributed by atoms with Crippen LogP contribution in [0.25, 0.3) is 0 Å². The molecule has 2 aromatic carbocycles. The first kappa shape index (κ1) is 14.2. The lowest BCUT2D eigenvalue weighted by Crippen LogP contribution is -2.06. The predicted molar refractivity (Wildman–Crippen MR) is 70.3 cm³/mol. The largest absolute Gasteiger partial charge is 0.416 e. The summed E-state index contributed by atoms with van der Waals surface area (Å²) < 4.78 is 51.3. The molecule has 6 heteroatoms. The van der Waals surface area contributed by atoms with Crippen molar-refractivity contribution in [1.29, 1.82) is 0 Å². The zero-order valence-corrected chi connectivity index (χ0v) is 10.6. The second-order valence-corrected chi connectivity index (χ2v) is 4.39. The number of hydrogen-bond donors (Lipinski definition) is 2. The molecule has 3 N–H and O–H groups in total. The fourth-order valence-corrected chi connectivity index (χ4v) is 1.71. The molecule has 0 heterocycles. The van der Waals surface area contributed by atoms with E-state index in [0.29, 0.717) is 17.4 Å². The Bertz CT molecular complexity index is 636. The SMILES string of the molecule is Cc1cc(Nc2cc(C(F)(F)F)ccc2F)ccc1N. The van der Waals surface area contributed by atoms with E-state index in [9.17, 15) is 17.6 Å². The molecular formula is C14H12F4N2. The lowest BCUT2D eigenvalue weighted by Gasteiger charge is -2.12. The highest BCUT2D eigenvalue weighted by Gasteiger charge is 2.31. The van der Waals surface area contributed by atoms with Crippen LogP contribution in [-0.2, 0) is 6.18 Å².